The lowest BCUT2D eigenvalue weighted by Crippen LogP contribution is -2.49. The van der Waals surface area contributed by atoms with Crippen molar-refractivity contribution in [2.75, 3.05) is 39.3 Å². The van der Waals surface area contributed by atoms with Gasteiger partial charge in [-0.3, -0.25) is 4.90 Å². The van der Waals surface area contributed by atoms with Gasteiger partial charge >= 0.3 is 0 Å². The molecular formula is C19H31N5O2. The Morgan fingerprint density at radius 3 is 2.77 bits per heavy atom. The van der Waals surface area contributed by atoms with Crippen LogP contribution >= 0.6 is 0 Å². The van der Waals surface area contributed by atoms with Gasteiger partial charge in [-0.1, -0.05) is 11.6 Å². The Bertz CT molecular complexity index is 617. The van der Waals surface area contributed by atoms with Crippen LogP contribution in [0.3, 0.4) is 0 Å². The van der Waals surface area contributed by atoms with E-state index in [2.05, 4.69) is 32.0 Å². The number of nitrogens with one attached hydrogen (secondary N) is 1. The summed E-state index contributed by atoms with van der Waals surface area (Å²) in [6.45, 7) is 5.79. The first-order valence-electron chi connectivity index (χ1n) is 10.0. The van der Waals surface area contributed by atoms with Crippen LogP contribution in [0.1, 0.15) is 37.9 Å². The molecule has 4 heterocycles. The number of ether oxygens (including phenoxy) is 1. The molecule has 0 bridgehead atoms. The molecule has 1 aromatic heterocycles. The van der Waals surface area contributed by atoms with Crippen LogP contribution in [0.2, 0.25) is 0 Å². The highest BCUT2D eigenvalue weighted by molar-refractivity contribution is 5.83. The standard InChI is InChI=1S/C19H31N5O2/c1-23-12-9-21-17(23)13-19(5-7-20-8-6-19)18-22-25-15-16(26-18)14-24-10-3-2-4-11-24/h9,12,16,20H,2-8,10-11,13-15H2,1H3. The highest BCUT2D eigenvalue weighted by Crippen LogP contribution is 2.36. The Morgan fingerprint density at radius 1 is 1.23 bits per heavy atom. The van der Waals surface area contributed by atoms with E-state index in [1.54, 1.807) is 0 Å². The summed E-state index contributed by atoms with van der Waals surface area (Å²) in [5.74, 6) is 1.87. The topological polar surface area (TPSA) is 63.9 Å². The van der Waals surface area contributed by atoms with Gasteiger partial charge in [-0.15, -0.1) is 0 Å². The Hall–Kier alpha value is -1.60. The van der Waals surface area contributed by atoms with Crippen molar-refractivity contribution in [2.24, 2.45) is 17.6 Å². The van der Waals surface area contributed by atoms with Gasteiger partial charge in [0.15, 0.2) is 6.61 Å². The number of hydrogen-bond acceptors (Lipinski definition) is 6. The molecule has 2 fully saturated rings. The maximum absolute atomic E-state index is 6.44. The number of piperidine rings is 2. The van der Waals surface area contributed by atoms with Gasteiger partial charge in [0.2, 0.25) is 5.90 Å². The predicted octanol–water partition coefficient (Wildman–Crippen LogP) is 1.55. The molecule has 3 aliphatic heterocycles. The number of rotatable bonds is 5. The molecule has 1 N–H and O–H groups in total. The van der Waals surface area contributed by atoms with Crippen molar-refractivity contribution in [1.82, 2.24) is 19.8 Å². The van der Waals surface area contributed by atoms with Gasteiger partial charge in [0.25, 0.3) is 0 Å². The van der Waals surface area contributed by atoms with E-state index in [-0.39, 0.29) is 11.5 Å². The van der Waals surface area contributed by atoms with E-state index in [9.17, 15) is 0 Å². The summed E-state index contributed by atoms with van der Waals surface area (Å²) in [4.78, 5) is 12.7. The summed E-state index contributed by atoms with van der Waals surface area (Å²) in [5.41, 5.74) is -0.120. The van der Waals surface area contributed by atoms with Crippen molar-refractivity contribution < 1.29 is 9.57 Å². The van der Waals surface area contributed by atoms with Crippen LogP contribution in [0.4, 0.5) is 0 Å². The van der Waals surface area contributed by atoms with Gasteiger partial charge in [-0.25, -0.2) is 4.98 Å². The summed E-state index contributed by atoms with van der Waals surface area (Å²) < 4.78 is 8.54. The van der Waals surface area contributed by atoms with Gasteiger partial charge in [0, 0.05) is 32.4 Å². The van der Waals surface area contributed by atoms with Crippen molar-refractivity contribution in [3.8, 4) is 0 Å². The van der Waals surface area contributed by atoms with E-state index in [1.807, 2.05) is 12.4 Å². The Labute approximate surface area is 155 Å². The fraction of sp³-hybridized carbons (Fsp3) is 0.789. The molecule has 0 aromatic carbocycles. The number of imidazole rings is 1. The van der Waals surface area contributed by atoms with E-state index in [4.69, 9.17) is 9.57 Å². The molecule has 7 nitrogen and oxygen atoms in total. The first kappa shape index (κ1) is 17.8. The van der Waals surface area contributed by atoms with Crippen LogP contribution < -0.4 is 5.32 Å². The lowest BCUT2D eigenvalue weighted by molar-refractivity contribution is -0.0244. The van der Waals surface area contributed by atoms with Crippen LogP contribution in [0.25, 0.3) is 0 Å². The fourth-order valence-corrected chi connectivity index (χ4v) is 4.38. The molecule has 1 aromatic rings. The van der Waals surface area contributed by atoms with Gasteiger partial charge in [0.05, 0.1) is 5.41 Å². The fourth-order valence-electron chi connectivity index (χ4n) is 4.38. The second-order valence-corrected chi connectivity index (χ2v) is 7.95. The summed E-state index contributed by atoms with van der Waals surface area (Å²) in [5, 5.41) is 7.85. The number of oxime groups is 1. The van der Waals surface area contributed by atoms with Crippen molar-refractivity contribution in [3.05, 3.63) is 18.2 Å². The number of likely N-dealkylation sites (tertiary alicyclic amines) is 1. The second kappa shape index (κ2) is 7.96. The molecule has 144 valence electrons. The minimum Gasteiger partial charge on any atom is -0.470 e. The molecule has 3 aliphatic rings. The zero-order chi connectivity index (χ0) is 17.8. The van der Waals surface area contributed by atoms with E-state index in [0.717, 1.165) is 50.6 Å². The third-order valence-electron chi connectivity index (χ3n) is 6.03. The zero-order valence-corrected chi connectivity index (χ0v) is 15.8. The third kappa shape index (κ3) is 3.88. The first-order chi connectivity index (χ1) is 12.8. The molecule has 1 unspecified atom stereocenters. The second-order valence-electron chi connectivity index (χ2n) is 7.95. The van der Waals surface area contributed by atoms with Crippen molar-refractivity contribution in [1.29, 1.82) is 0 Å². The quantitative estimate of drug-likeness (QED) is 0.862. The molecule has 1 atom stereocenters. The smallest absolute Gasteiger partial charge is 0.232 e. The van der Waals surface area contributed by atoms with E-state index >= 15 is 0 Å². The molecule has 0 saturated carbocycles. The molecule has 0 amide bonds. The largest absolute Gasteiger partial charge is 0.470 e. The SMILES string of the molecule is Cn1ccnc1CC1(C2=NOCC(CN3CCCCC3)O2)CCNCC1. The average Bonchev–Trinajstić information content (AvgIpc) is 3.08. The summed E-state index contributed by atoms with van der Waals surface area (Å²) >= 11 is 0. The summed E-state index contributed by atoms with van der Waals surface area (Å²) in [6, 6.07) is 0. The van der Waals surface area contributed by atoms with E-state index in [0.29, 0.717) is 6.61 Å². The summed E-state index contributed by atoms with van der Waals surface area (Å²) in [7, 11) is 2.05. The zero-order valence-electron chi connectivity index (χ0n) is 15.8. The van der Waals surface area contributed by atoms with Crippen LogP contribution in [0, 0.1) is 5.41 Å². The van der Waals surface area contributed by atoms with Crippen LogP contribution in [0.15, 0.2) is 17.5 Å². The van der Waals surface area contributed by atoms with Crippen LogP contribution in [-0.2, 0) is 23.0 Å². The maximum atomic E-state index is 6.44. The summed E-state index contributed by atoms with van der Waals surface area (Å²) in [6.07, 6.45) is 10.7. The minimum atomic E-state index is -0.120. The highest BCUT2D eigenvalue weighted by Gasteiger charge is 2.43. The number of nitrogens with zero attached hydrogens (tertiary/aromatic N) is 4. The number of hydrogen-bond donors (Lipinski definition) is 1. The lowest BCUT2D eigenvalue weighted by Gasteiger charge is -2.40. The minimum absolute atomic E-state index is 0.0775. The monoisotopic (exact) mass is 361 g/mol. The van der Waals surface area contributed by atoms with Crippen LogP contribution in [-0.4, -0.2) is 65.8 Å². The van der Waals surface area contributed by atoms with Gasteiger partial charge in [-0.2, -0.15) is 0 Å². The number of aromatic nitrogens is 2. The molecule has 0 radical (unpaired) electrons. The predicted molar refractivity (Wildman–Crippen MR) is 100.0 cm³/mol. The lowest BCUT2D eigenvalue weighted by atomic mass is 9.75. The maximum Gasteiger partial charge on any atom is 0.232 e. The van der Waals surface area contributed by atoms with Crippen molar-refractivity contribution in [3.63, 3.8) is 0 Å². The Morgan fingerprint density at radius 2 is 2.04 bits per heavy atom. The molecule has 4 rings (SSSR count). The third-order valence-corrected chi connectivity index (χ3v) is 6.03. The first-order valence-corrected chi connectivity index (χ1v) is 10.0. The van der Waals surface area contributed by atoms with E-state index < -0.39 is 0 Å². The van der Waals surface area contributed by atoms with Crippen LogP contribution in [0.5, 0.6) is 0 Å². The van der Waals surface area contributed by atoms with Crippen molar-refractivity contribution in [2.45, 2.75) is 44.6 Å². The van der Waals surface area contributed by atoms with Gasteiger partial charge in [0.1, 0.15) is 11.9 Å². The molecule has 7 heteroatoms. The number of aryl methyl sites for hydroxylation is 1. The van der Waals surface area contributed by atoms with Crippen molar-refractivity contribution >= 4 is 5.90 Å². The van der Waals surface area contributed by atoms with Gasteiger partial charge < -0.3 is 19.5 Å². The Balaban J connectivity index is 1.47. The molecular weight excluding hydrogens is 330 g/mol. The molecule has 26 heavy (non-hydrogen) atoms. The highest BCUT2D eigenvalue weighted by atomic mass is 16.7. The van der Waals surface area contributed by atoms with Gasteiger partial charge in [-0.05, 0) is 51.9 Å². The normalized spacial score (nSPS) is 26.7. The van der Waals surface area contributed by atoms with E-state index in [1.165, 1.54) is 32.4 Å². The Kier molecular flexibility index (Phi) is 5.45. The molecule has 2 saturated heterocycles. The molecule has 0 aliphatic carbocycles. The molecule has 0 spiro atoms. The average molecular weight is 361 g/mol.